The lowest BCUT2D eigenvalue weighted by atomic mass is 10.2. The maximum atomic E-state index is 11.5. The molecule has 1 aromatic carbocycles. The van der Waals surface area contributed by atoms with Gasteiger partial charge in [0.25, 0.3) is 0 Å². The van der Waals surface area contributed by atoms with E-state index in [0.29, 0.717) is 17.9 Å². The molecule has 6 heteroatoms. The van der Waals surface area contributed by atoms with Crippen molar-refractivity contribution in [3.8, 4) is 5.75 Å². The van der Waals surface area contributed by atoms with Crippen molar-refractivity contribution in [2.24, 2.45) is 0 Å². The molecule has 0 aliphatic carbocycles. The number of benzene rings is 1. The molecule has 1 saturated heterocycles. The number of nitrogen functional groups attached to an aromatic ring is 1. The van der Waals surface area contributed by atoms with Crippen molar-refractivity contribution in [1.82, 2.24) is 0 Å². The van der Waals surface area contributed by atoms with Crippen LogP contribution in [-0.2, 0) is 9.84 Å². The monoisotopic (exact) mass is 270 g/mol. The molecule has 1 aliphatic rings. The fourth-order valence-corrected chi connectivity index (χ4v) is 4.03. The van der Waals surface area contributed by atoms with Gasteiger partial charge in [0.05, 0.1) is 30.0 Å². The Bertz CT molecular complexity index is 542. The number of hydrogen-bond donors (Lipinski definition) is 1. The molecule has 1 atom stereocenters. The van der Waals surface area contributed by atoms with Crippen molar-refractivity contribution in [3.05, 3.63) is 18.2 Å². The first-order valence-electron chi connectivity index (χ1n) is 5.80. The summed E-state index contributed by atoms with van der Waals surface area (Å²) in [5.41, 5.74) is 7.41. The van der Waals surface area contributed by atoms with Gasteiger partial charge in [0, 0.05) is 19.2 Å². The average molecular weight is 270 g/mol. The highest BCUT2D eigenvalue weighted by molar-refractivity contribution is 7.91. The predicted octanol–water partition coefficient (Wildman–Crippen LogP) is 0.901. The van der Waals surface area contributed by atoms with Gasteiger partial charge in [0.2, 0.25) is 0 Å². The third-order valence-electron chi connectivity index (χ3n) is 3.37. The lowest BCUT2D eigenvalue weighted by Crippen LogP contribution is -2.33. The molecule has 0 spiro atoms. The van der Waals surface area contributed by atoms with Crippen LogP contribution in [0.4, 0.5) is 11.4 Å². The number of methoxy groups -OCH3 is 1. The van der Waals surface area contributed by atoms with Gasteiger partial charge < -0.3 is 15.4 Å². The molecular formula is C12H18N2O3S. The fraction of sp³-hybridized carbons (Fsp3) is 0.500. The Balaban J connectivity index is 2.21. The molecule has 2 N–H and O–H groups in total. The number of hydrogen-bond acceptors (Lipinski definition) is 5. The van der Waals surface area contributed by atoms with Crippen molar-refractivity contribution in [3.63, 3.8) is 0 Å². The molecule has 1 aromatic rings. The number of anilines is 2. The standard InChI is InChI=1S/C12H18N2O3S/c1-14(9-5-6-18(15,16)8-9)12-4-3-10(17-2)7-11(12)13/h3-4,7,9H,5-6,8,13H2,1-2H3. The first-order chi connectivity index (χ1) is 8.43. The number of sulfone groups is 1. The SMILES string of the molecule is COc1ccc(N(C)C2CCS(=O)(=O)C2)c(N)c1. The Labute approximate surface area is 107 Å². The maximum Gasteiger partial charge on any atom is 0.152 e. The molecule has 0 aromatic heterocycles. The number of ether oxygens (including phenoxy) is 1. The fourth-order valence-electron chi connectivity index (χ4n) is 2.26. The molecule has 0 saturated carbocycles. The van der Waals surface area contributed by atoms with Gasteiger partial charge in [-0.2, -0.15) is 0 Å². The van der Waals surface area contributed by atoms with E-state index in [-0.39, 0.29) is 17.5 Å². The van der Waals surface area contributed by atoms with Gasteiger partial charge in [-0.25, -0.2) is 8.42 Å². The topological polar surface area (TPSA) is 72.6 Å². The second-order valence-corrected chi connectivity index (χ2v) is 6.82. The molecule has 1 fully saturated rings. The minimum Gasteiger partial charge on any atom is -0.497 e. The summed E-state index contributed by atoms with van der Waals surface area (Å²) in [4.78, 5) is 1.94. The van der Waals surface area contributed by atoms with Crippen molar-refractivity contribution in [2.75, 3.05) is 36.3 Å². The minimum atomic E-state index is -2.88. The van der Waals surface area contributed by atoms with Gasteiger partial charge in [0.15, 0.2) is 9.84 Å². The summed E-state index contributed by atoms with van der Waals surface area (Å²) < 4.78 is 28.1. The van der Waals surface area contributed by atoms with Crippen LogP contribution in [0.1, 0.15) is 6.42 Å². The molecule has 100 valence electrons. The van der Waals surface area contributed by atoms with Gasteiger partial charge in [0.1, 0.15) is 5.75 Å². The molecule has 18 heavy (non-hydrogen) atoms. The van der Waals surface area contributed by atoms with E-state index in [1.807, 2.05) is 24.1 Å². The van der Waals surface area contributed by atoms with Crippen LogP contribution in [0, 0.1) is 0 Å². The second-order valence-electron chi connectivity index (χ2n) is 4.59. The molecule has 1 aliphatic heterocycles. The van der Waals surface area contributed by atoms with E-state index in [4.69, 9.17) is 10.5 Å². The normalized spacial score (nSPS) is 21.8. The van der Waals surface area contributed by atoms with E-state index in [0.717, 1.165) is 5.69 Å². The summed E-state index contributed by atoms with van der Waals surface area (Å²) in [6.07, 6.45) is 0.657. The Morgan fingerprint density at radius 1 is 1.44 bits per heavy atom. The van der Waals surface area contributed by atoms with Crippen LogP contribution in [0.15, 0.2) is 18.2 Å². The Morgan fingerprint density at radius 3 is 2.67 bits per heavy atom. The van der Waals surface area contributed by atoms with Crippen LogP contribution in [0.5, 0.6) is 5.75 Å². The molecule has 0 amide bonds. The summed E-state index contributed by atoms with van der Waals surface area (Å²) in [7, 11) is 0.582. The highest BCUT2D eigenvalue weighted by Crippen LogP contribution is 2.30. The summed E-state index contributed by atoms with van der Waals surface area (Å²) in [5, 5.41) is 0. The van der Waals surface area contributed by atoms with E-state index < -0.39 is 9.84 Å². The quantitative estimate of drug-likeness (QED) is 0.826. The molecule has 1 unspecified atom stereocenters. The van der Waals surface area contributed by atoms with Crippen molar-refractivity contribution < 1.29 is 13.2 Å². The van der Waals surface area contributed by atoms with Crippen molar-refractivity contribution >= 4 is 21.2 Å². The highest BCUT2D eigenvalue weighted by Gasteiger charge is 2.31. The summed E-state index contributed by atoms with van der Waals surface area (Å²) in [6, 6.07) is 5.44. The van der Waals surface area contributed by atoms with Crippen molar-refractivity contribution in [2.45, 2.75) is 12.5 Å². The van der Waals surface area contributed by atoms with Crippen LogP contribution >= 0.6 is 0 Å². The third-order valence-corrected chi connectivity index (χ3v) is 5.12. The van der Waals surface area contributed by atoms with Gasteiger partial charge in [-0.1, -0.05) is 0 Å². The van der Waals surface area contributed by atoms with Gasteiger partial charge in [-0.15, -0.1) is 0 Å². The smallest absolute Gasteiger partial charge is 0.152 e. The van der Waals surface area contributed by atoms with E-state index in [1.165, 1.54) is 0 Å². The van der Waals surface area contributed by atoms with E-state index >= 15 is 0 Å². The molecule has 0 radical (unpaired) electrons. The zero-order chi connectivity index (χ0) is 13.3. The highest BCUT2D eigenvalue weighted by atomic mass is 32.2. The molecular weight excluding hydrogens is 252 g/mol. The predicted molar refractivity (Wildman–Crippen MR) is 72.9 cm³/mol. The van der Waals surface area contributed by atoms with Gasteiger partial charge in [-0.05, 0) is 18.6 Å². The van der Waals surface area contributed by atoms with Crippen LogP contribution in [-0.4, -0.2) is 40.1 Å². The van der Waals surface area contributed by atoms with E-state index in [2.05, 4.69) is 0 Å². The largest absolute Gasteiger partial charge is 0.497 e. The van der Waals surface area contributed by atoms with Gasteiger partial charge >= 0.3 is 0 Å². The average Bonchev–Trinajstić information content (AvgIpc) is 2.68. The third kappa shape index (κ3) is 2.53. The first kappa shape index (κ1) is 13.0. The Morgan fingerprint density at radius 2 is 2.17 bits per heavy atom. The van der Waals surface area contributed by atoms with Crippen molar-refractivity contribution in [1.29, 1.82) is 0 Å². The first-order valence-corrected chi connectivity index (χ1v) is 7.62. The Kier molecular flexibility index (Phi) is 3.38. The molecule has 2 rings (SSSR count). The van der Waals surface area contributed by atoms with Crippen LogP contribution in [0.25, 0.3) is 0 Å². The van der Waals surface area contributed by atoms with Crippen LogP contribution in [0.3, 0.4) is 0 Å². The van der Waals surface area contributed by atoms with E-state index in [9.17, 15) is 8.42 Å². The lowest BCUT2D eigenvalue weighted by Gasteiger charge is -2.27. The Hall–Kier alpha value is -1.43. The summed E-state index contributed by atoms with van der Waals surface area (Å²) in [5.74, 6) is 1.16. The van der Waals surface area contributed by atoms with Crippen LogP contribution in [0.2, 0.25) is 0 Å². The zero-order valence-electron chi connectivity index (χ0n) is 10.6. The number of rotatable bonds is 3. The second kappa shape index (κ2) is 4.68. The zero-order valence-corrected chi connectivity index (χ0v) is 11.4. The lowest BCUT2D eigenvalue weighted by molar-refractivity contribution is 0.415. The van der Waals surface area contributed by atoms with Gasteiger partial charge in [-0.3, -0.25) is 0 Å². The summed E-state index contributed by atoms with van der Waals surface area (Å²) in [6.45, 7) is 0. The van der Waals surface area contributed by atoms with Crippen LogP contribution < -0.4 is 15.4 Å². The summed E-state index contributed by atoms with van der Waals surface area (Å²) >= 11 is 0. The number of nitrogens with two attached hydrogens (primary N) is 1. The maximum absolute atomic E-state index is 11.5. The van der Waals surface area contributed by atoms with E-state index in [1.54, 1.807) is 13.2 Å². The molecule has 1 heterocycles. The number of nitrogens with zero attached hydrogens (tertiary/aromatic N) is 1. The molecule has 0 bridgehead atoms. The molecule has 5 nitrogen and oxygen atoms in total. The minimum absolute atomic E-state index is 0.00527.